The Morgan fingerprint density at radius 1 is 1.22 bits per heavy atom. The van der Waals surface area contributed by atoms with Gasteiger partial charge >= 0.3 is 0 Å². The number of benzene rings is 1. The molecule has 0 aliphatic carbocycles. The van der Waals surface area contributed by atoms with Crippen LogP contribution in [0.4, 0.5) is 0 Å². The molecule has 0 aliphatic rings. The van der Waals surface area contributed by atoms with Crippen molar-refractivity contribution in [1.82, 2.24) is 0 Å². The first-order valence-electron chi connectivity index (χ1n) is 5.08. The lowest BCUT2D eigenvalue weighted by atomic mass is 10.0. The lowest BCUT2D eigenvalue weighted by Crippen LogP contribution is -2.21. The van der Waals surface area contributed by atoms with Crippen LogP contribution in [0.1, 0.15) is 18.6 Å². The summed E-state index contributed by atoms with van der Waals surface area (Å²) in [4.78, 5) is 10.7. The maximum Gasteiger partial charge on any atom is 0.200 e. The van der Waals surface area contributed by atoms with Crippen LogP contribution in [-0.2, 0) is 4.79 Å². The topological polar surface area (TPSA) is 118 Å². The highest BCUT2D eigenvalue weighted by atomic mass is 32.2. The number of phenols is 3. The standard InChI is InChI=1S/C11H14O6S/c1-5(12)18-4-8(14)9(15)6-2-3-7(13)11(17)10(6)16/h2-3,8-9,13-17H,4H2,1H3. The average Bonchev–Trinajstić information content (AvgIpc) is 2.32. The molecular formula is C11H14O6S. The van der Waals surface area contributed by atoms with Gasteiger partial charge in [-0.05, 0) is 12.1 Å². The molecule has 6 nitrogen and oxygen atoms in total. The van der Waals surface area contributed by atoms with Gasteiger partial charge in [-0.2, -0.15) is 0 Å². The highest BCUT2D eigenvalue weighted by Gasteiger charge is 2.24. The number of hydrogen-bond acceptors (Lipinski definition) is 7. The van der Waals surface area contributed by atoms with Crippen molar-refractivity contribution in [2.45, 2.75) is 19.1 Å². The molecule has 0 saturated carbocycles. The van der Waals surface area contributed by atoms with E-state index in [0.29, 0.717) is 0 Å². The Morgan fingerprint density at radius 2 is 1.83 bits per heavy atom. The van der Waals surface area contributed by atoms with Crippen molar-refractivity contribution >= 4 is 16.9 Å². The van der Waals surface area contributed by atoms with Gasteiger partial charge in [0, 0.05) is 18.2 Å². The zero-order valence-corrected chi connectivity index (χ0v) is 10.4. The molecule has 0 fully saturated rings. The van der Waals surface area contributed by atoms with E-state index in [9.17, 15) is 25.2 Å². The molecular weight excluding hydrogens is 260 g/mol. The molecule has 18 heavy (non-hydrogen) atoms. The van der Waals surface area contributed by atoms with Gasteiger partial charge in [-0.25, -0.2) is 0 Å². The van der Waals surface area contributed by atoms with Crippen molar-refractivity contribution in [2.75, 3.05) is 5.75 Å². The molecule has 0 aliphatic heterocycles. The highest BCUT2D eigenvalue weighted by molar-refractivity contribution is 8.13. The average molecular weight is 274 g/mol. The normalized spacial score (nSPS) is 14.2. The molecule has 7 heteroatoms. The number of aliphatic hydroxyl groups is 2. The van der Waals surface area contributed by atoms with E-state index in [1.807, 2.05) is 0 Å². The minimum atomic E-state index is -1.47. The third-order valence-electron chi connectivity index (χ3n) is 2.30. The molecule has 1 aromatic rings. The summed E-state index contributed by atoms with van der Waals surface area (Å²) >= 11 is 0.833. The Bertz CT molecular complexity index is 447. The van der Waals surface area contributed by atoms with Crippen LogP contribution in [-0.4, -0.2) is 42.5 Å². The van der Waals surface area contributed by atoms with Gasteiger partial charge in [0.05, 0.1) is 6.10 Å². The molecule has 0 heterocycles. The Labute approximate surface area is 108 Å². The number of thioether (sulfide) groups is 1. The van der Waals surface area contributed by atoms with E-state index in [1.54, 1.807) is 0 Å². The SMILES string of the molecule is CC(=O)SCC(O)C(O)c1ccc(O)c(O)c1O. The van der Waals surface area contributed by atoms with Crippen LogP contribution >= 0.6 is 11.8 Å². The van der Waals surface area contributed by atoms with E-state index >= 15 is 0 Å². The van der Waals surface area contributed by atoms with Crippen LogP contribution in [0.25, 0.3) is 0 Å². The van der Waals surface area contributed by atoms with Gasteiger partial charge in [-0.3, -0.25) is 4.79 Å². The van der Waals surface area contributed by atoms with Crippen molar-refractivity contribution < 1.29 is 30.3 Å². The van der Waals surface area contributed by atoms with Crippen molar-refractivity contribution in [1.29, 1.82) is 0 Å². The Balaban J connectivity index is 2.86. The summed E-state index contributed by atoms with van der Waals surface area (Å²) in [6, 6.07) is 2.26. The largest absolute Gasteiger partial charge is 0.504 e. The minimum Gasteiger partial charge on any atom is -0.504 e. The lowest BCUT2D eigenvalue weighted by Gasteiger charge is -2.18. The second-order valence-electron chi connectivity index (χ2n) is 3.69. The van der Waals surface area contributed by atoms with E-state index in [0.717, 1.165) is 17.8 Å². The quantitative estimate of drug-likeness (QED) is 0.507. The Hall–Kier alpha value is -1.44. The number of hydrogen-bond donors (Lipinski definition) is 5. The van der Waals surface area contributed by atoms with Gasteiger partial charge in [0.1, 0.15) is 6.10 Å². The van der Waals surface area contributed by atoms with Crippen molar-refractivity contribution in [2.24, 2.45) is 0 Å². The van der Waals surface area contributed by atoms with Crippen molar-refractivity contribution in [3.8, 4) is 17.2 Å². The number of carbonyl (C=O) groups excluding carboxylic acids is 1. The van der Waals surface area contributed by atoms with Gasteiger partial charge in [-0.1, -0.05) is 11.8 Å². The third-order valence-corrected chi connectivity index (χ3v) is 3.22. The van der Waals surface area contributed by atoms with Gasteiger partial charge in [0.25, 0.3) is 0 Å². The first-order chi connectivity index (χ1) is 8.34. The molecule has 5 N–H and O–H groups in total. The number of phenolic OH excluding ortho intramolecular Hbond substituents is 3. The maximum atomic E-state index is 10.7. The Kier molecular flexibility index (Phi) is 4.83. The van der Waals surface area contributed by atoms with Gasteiger partial charge < -0.3 is 25.5 Å². The molecule has 2 atom stereocenters. The summed E-state index contributed by atoms with van der Waals surface area (Å²) in [5.41, 5.74) is -0.123. The fraction of sp³-hybridized carbons (Fsp3) is 0.364. The molecule has 0 amide bonds. The molecule has 0 bridgehead atoms. The summed E-state index contributed by atoms with van der Waals surface area (Å²) in [5.74, 6) is -2.04. The van der Waals surface area contributed by atoms with Crippen LogP contribution in [0.2, 0.25) is 0 Å². The van der Waals surface area contributed by atoms with Crippen LogP contribution in [0, 0.1) is 0 Å². The zero-order chi connectivity index (χ0) is 13.9. The van der Waals surface area contributed by atoms with Crippen LogP contribution in [0.3, 0.4) is 0 Å². The Morgan fingerprint density at radius 3 is 2.39 bits per heavy atom. The predicted molar refractivity (Wildman–Crippen MR) is 65.5 cm³/mol. The summed E-state index contributed by atoms with van der Waals surface area (Å²) < 4.78 is 0. The van der Waals surface area contributed by atoms with Crippen LogP contribution < -0.4 is 0 Å². The van der Waals surface area contributed by atoms with Crippen LogP contribution in [0.15, 0.2) is 12.1 Å². The summed E-state index contributed by atoms with van der Waals surface area (Å²) in [5, 5.41) is 47.1. The monoisotopic (exact) mass is 274 g/mol. The predicted octanol–water partition coefficient (Wildman–Crippen LogP) is 0.477. The van der Waals surface area contributed by atoms with E-state index in [4.69, 9.17) is 5.11 Å². The summed E-state index contributed by atoms with van der Waals surface area (Å²) in [6.45, 7) is 1.33. The molecule has 0 radical (unpaired) electrons. The van der Waals surface area contributed by atoms with Crippen molar-refractivity contribution in [3.63, 3.8) is 0 Å². The van der Waals surface area contributed by atoms with E-state index in [1.165, 1.54) is 13.0 Å². The van der Waals surface area contributed by atoms with Gasteiger partial charge in [-0.15, -0.1) is 0 Å². The molecule has 0 aromatic heterocycles. The second kappa shape index (κ2) is 5.94. The van der Waals surface area contributed by atoms with E-state index in [-0.39, 0.29) is 16.4 Å². The van der Waals surface area contributed by atoms with Crippen molar-refractivity contribution in [3.05, 3.63) is 17.7 Å². The molecule has 1 rings (SSSR count). The molecule has 0 saturated heterocycles. The molecule has 1 aromatic carbocycles. The van der Waals surface area contributed by atoms with Gasteiger partial charge in [0.15, 0.2) is 16.6 Å². The number of rotatable bonds is 4. The second-order valence-corrected chi connectivity index (χ2v) is 4.88. The highest BCUT2D eigenvalue weighted by Crippen LogP contribution is 2.40. The summed E-state index contributed by atoms with van der Waals surface area (Å²) in [6.07, 6.45) is -2.75. The first kappa shape index (κ1) is 14.6. The number of aromatic hydroxyl groups is 3. The molecule has 0 spiro atoms. The zero-order valence-electron chi connectivity index (χ0n) is 9.57. The molecule has 2 unspecified atom stereocenters. The third kappa shape index (κ3) is 3.28. The van der Waals surface area contributed by atoms with E-state index < -0.39 is 29.5 Å². The van der Waals surface area contributed by atoms with Crippen LogP contribution in [0.5, 0.6) is 17.2 Å². The minimum absolute atomic E-state index is 0.0441. The smallest absolute Gasteiger partial charge is 0.200 e. The number of aliphatic hydroxyl groups excluding tert-OH is 2. The summed E-state index contributed by atoms with van der Waals surface area (Å²) in [7, 11) is 0. The number of carbonyl (C=O) groups is 1. The maximum absolute atomic E-state index is 10.7. The fourth-order valence-corrected chi connectivity index (χ4v) is 1.91. The van der Waals surface area contributed by atoms with E-state index in [2.05, 4.69) is 0 Å². The first-order valence-corrected chi connectivity index (χ1v) is 6.06. The van der Waals surface area contributed by atoms with Gasteiger partial charge in [0.2, 0.25) is 5.75 Å². The fourth-order valence-electron chi connectivity index (χ4n) is 1.32. The molecule has 100 valence electrons. The lowest BCUT2D eigenvalue weighted by molar-refractivity contribution is -0.109.